The van der Waals surface area contributed by atoms with Crippen molar-refractivity contribution >= 4 is 28.5 Å². The third-order valence-corrected chi connectivity index (χ3v) is 3.51. The van der Waals surface area contributed by atoms with Crippen molar-refractivity contribution in [1.82, 2.24) is 5.16 Å². The van der Waals surface area contributed by atoms with Crippen molar-refractivity contribution in [3.63, 3.8) is 0 Å². The van der Waals surface area contributed by atoms with Crippen LogP contribution in [-0.2, 0) is 6.42 Å². The zero-order valence-electron chi connectivity index (χ0n) is 10.2. The van der Waals surface area contributed by atoms with Crippen LogP contribution in [0.15, 0.2) is 22.7 Å². The Kier molecular flexibility index (Phi) is 3.89. The van der Waals surface area contributed by atoms with Gasteiger partial charge in [0.15, 0.2) is 0 Å². The standard InChI is InChI=1S/C13H14FIN2O/c1-7(2)5-10-12(17-18-13(10)16)9-4-3-8(14)6-11(9)15/h3-4,6-7H,5,16H2,1-2H3. The summed E-state index contributed by atoms with van der Waals surface area (Å²) in [5.74, 6) is 0.535. The van der Waals surface area contributed by atoms with Gasteiger partial charge in [-0.25, -0.2) is 4.39 Å². The Morgan fingerprint density at radius 3 is 2.78 bits per heavy atom. The fourth-order valence-electron chi connectivity index (χ4n) is 1.82. The molecule has 0 fully saturated rings. The largest absolute Gasteiger partial charge is 0.367 e. The lowest BCUT2D eigenvalue weighted by Gasteiger charge is -2.06. The smallest absolute Gasteiger partial charge is 0.225 e. The third-order valence-electron chi connectivity index (χ3n) is 2.62. The van der Waals surface area contributed by atoms with E-state index < -0.39 is 0 Å². The number of rotatable bonds is 3. The first-order valence-electron chi connectivity index (χ1n) is 5.68. The molecule has 5 heteroatoms. The normalized spacial score (nSPS) is 11.2. The van der Waals surface area contributed by atoms with Crippen molar-refractivity contribution in [3.05, 3.63) is 33.1 Å². The van der Waals surface area contributed by atoms with Gasteiger partial charge in [0.2, 0.25) is 5.88 Å². The van der Waals surface area contributed by atoms with E-state index in [2.05, 4.69) is 41.6 Å². The molecule has 0 bridgehead atoms. The fraction of sp³-hybridized carbons (Fsp3) is 0.308. The fourth-order valence-corrected chi connectivity index (χ4v) is 2.55. The molecule has 0 radical (unpaired) electrons. The van der Waals surface area contributed by atoms with Crippen LogP contribution in [0.3, 0.4) is 0 Å². The highest BCUT2D eigenvalue weighted by atomic mass is 127. The lowest BCUT2D eigenvalue weighted by Crippen LogP contribution is -1.99. The van der Waals surface area contributed by atoms with Crippen LogP contribution in [0.25, 0.3) is 11.3 Å². The second-order valence-electron chi connectivity index (χ2n) is 4.60. The quantitative estimate of drug-likeness (QED) is 0.846. The van der Waals surface area contributed by atoms with Gasteiger partial charge in [-0.2, -0.15) is 0 Å². The van der Waals surface area contributed by atoms with E-state index in [9.17, 15) is 4.39 Å². The van der Waals surface area contributed by atoms with Gasteiger partial charge in [0, 0.05) is 14.7 Å². The van der Waals surface area contributed by atoms with Gasteiger partial charge in [-0.1, -0.05) is 19.0 Å². The number of hydrogen-bond acceptors (Lipinski definition) is 3. The minimum atomic E-state index is -0.259. The number of nitrogens with zero attached hydrogens (tertiary/aromatic N) is 1. The summed E-state index contributed by atoms with van der Waals surface area (Å²) >= 11 is 2.09. The minimum Gasteiger partial charge on any atom is -0.367 e. The predicted molar refractivity (Wildman–Crippen MR) is 77.6 cm³/mol. The first-order chi connectivity index (χ1) is 8.49. The molecule has 1 aromatic heterocycles. The second-order valence-corrected chi connectivity index (χ2v) is 5.76. The van der Waals surface area contributed by atoms with Gasteiger partial charge in [0.1, 0.15) is 11.5 Å². The molecule has 2 rings (SSSR count). The van der Waals surface area contributed by atoms with Gasteiger partial charge < -0.3 is 10.3 Å². The molecule has 0 amide bonds. The number of benzene rings is 1. The summed E-state index contributed by atoms with van der Waals surface area (Å²) in [6.45, 7) is 4.21. The van der Waals surface area contributed by atoms with Crippen molar-refractivity contribution < 1.29 is 8.91 Å². The van der Waals surface area contributed by atoms with E-state index in [1.807, 2.05) is 0 Å². The van der Waals surface area contributed by atoms with Gasteiger partial charge in [0.05, 0.1) is 0 Å². The van der Waals surface area contributed by atoms with Gasteiger partial charge >= 0.3 is 0 Å². The number of halogens is 2. The molecule has 0 aliphatic heterocycles. The van der Waals surface area contributed by atoms with E-state index in [0.29, 0.717) is 17.5 Å². The van der Waals surface area contributed by atoms with Crippen molar-refractivity contribution in [1.29, 1.82) is 0 Å². The maximum absolute atomic E-state index is 13.1. The highest BCUT2D eigenvalue weighted by Gasteiger charge is 2.18. The highest BCUT2D eigenvalue weighted by molar-refractivity contribution is 14.1. The van der Waals surface area contributed by atoms with E-state index >= 15 is 0 Å². The Bertz CT molecular complexity index is 566. The molecule has 0 atom stereocenters. The van der Waals surface area contributed by atoms with E-state index in [0.717, 1.165) is 21.1 Å². The average molecular weight is 360 g/mol. The van der Waals surface area contributed by atoms with Gasteiger partial charge in [-0.15, -0.1) is 0 Å². The van der Waals surface area contributed by atoms with Gasteiger partial charge in [0.25, 0.3) is 0 Å². The average Bonchev–Trinajstić information content (AvgIpc) is 2.60. The summed E-state index contributed by atoms with van der Waals surface area (Å²) < 4.78 is 19.0. The lowest BCUT2D eigenvalue weighted by molar-refractivity contribution is 0.438. The number of nitrogen functional groups attached to an aromatic ring is 1. The molecule has 18 heavy (non-hydrogen) atoms. The molecular weight excluding hydrogens is 346 g/mol. The second kappa shape index (κ2) is 5.26. The third kappa shape index (κ3) is 2.66. The first kappa shape index (κ1) is 13.3. The molecule has 0 spiro atoms. The summed E-state index contributed by atoms with van der Waals surface area (Å²) in [7, 11) is 0. The van der Waals surface area contributed by atoms with E-state index in [1.54, 1.807) is 6.07 Å². The van der Waals surface area contributed by atoms with Crippen LogP contribution in [0.5, 0.6) is 0 Å². The maximum atomic E-state index is 13.1. The van der Waals surface area contributed by atoms with Crippen LogP contribution in [0.2, 0.25) is 0 Å². The van der Waals surface area contributed by atoms with Crippen LogP contribution >= 0.6 is 22.6 Å². The zero-order chi connectivity index (χ0) is 13.3. The molecule has 0 saturated heterocycles. The summed E-state index contributed by atoms with van der Waals surface area (Å²) in [6, 6.07) is 4.60. The Hall–Kier alpha value is -1.11. The van der Waals surface area contributed by atoms with Crippen LogP contribution in [0.1, 0.15) is 19.4 Å². The first-order valence-corrected chi connectivity index (χ1v) is 6.76. The Balaban J connectivity index is 2.50. The van der Waals surface area contributed by atoms with Gasteiger partial charge in [-0.3, -0.25) is 0 Å². The van der Waals surface area contributed by atoms with E-state index in [1.165, 1.54) is 12.1 Å². The van der Waals surface area contributed by atoms with E-state index in [4.69, 9.17) is 10.3 Å². The molecule has 3 nitrogen and oxygen atoms in total. The number of aromatic nitrogens is 1. The Labute approximate surface area is 119 Å². The van der Waals surface area contributed by atoms with Gasteiger partial charge in [-0.05, 0) is 53.1 Å². The van der Waals surface area contributed by atoms with Crippen LogP contribution < -0.4 is 5.73 Å². The molecule has 2 N–H and O–H groups in total. The molecule has 1 heterocycles. The molecule has 2 aromatic rings. The summed E-state index contributed by atoms with van der Waals surface area (Å²) in [4.78, 5) is 0. The van der Waals surface area contributed by atoms with Crippen molar-refractivity contribution in [2.24, 2.45) is 5.92 Å². The summed E-state index contributed by atoms with van der Waals surface area (Å²) in [6.07, 6.45) is 0.790. The molecule has 0 aliphatic rings. The predicted octanol–water partition coefficient (Wildman–Crippen LogP) is 3.87. The SMILES string of the molecule is CC(C)Cc1c(-c2ccc(F)cc2I)noc1N. The molecule has 0 unspecified atom stereocenters. The summed E-state index contributed by atoms with van der Waals surface area (Å²) in [5.41, 5.74) is 8.27. The van der Waals surface area contributed by atoms with Crippen molar-refractivity contribution in [3.8, 4) is 11.3 Å². The molecule has 0 saturated carbocycles. The van der Waals surface area contributed by atoms with Crippen LogP contribution in [-0.4, -0.2) is 5.16 Å². The molecule has 0 aliphatic carbocycles. The minimum absolute atomic E-state index is 0.259. The van der Waals surface area contributed by atoms with E-state index in [-0.39, 0.29) is 5.82 Å². The number of anilines is 1. The van der Waals surface area contributed by atoms with Crippen LogP contribution in [0.4, 0.5) is 10.3 Å². The molecular formula is C13H14FIN2O. The highest BCUT2D eigenvalue weighted by Crippen LogP contribution is 2.32. The number of nitrogens with two attached hydrogens (primary N) is 1. The van der Waals surface area contributed by atoms with Crippen molar-refractivity contribution in [2.75, 3.05) is 5.73 Å². The number of hydrogen-bond donors (Lipinski definition) is 1. The van der Waals surface area contributed by atoms with Crippen molar-refractivity contribution in [2.45, 2.75) is 20.3 Å². The van der Waals surface area contributed by atoms with Crippen LogP contribution in [0, 0.1) is 15.3 Å². The Morgan fingerprint density at radius 2 is 2.17 bits per heavy atom. The Morgan fingerprint density at radius 1 is 1.44 bits per heavy atom. The topological polar surface area (TPSA) is 52.0 Å². The lowest BCUT2D eigenvalue weighted by atomic mass is 9.99. The maximum Gasteiger partial charge on any atom is 0.225 e. The zero-order valence-corrected chi connectivity index (χ0v) is 12.4. The molecule has 96 valence electrons. The molecule has 1 aromatic carbocycles. The summed E-state index contributed by atoms with van der Waals surface area (Å²) in [5, 5.41) is 4.00. The monoisotopic (exact) mass is 360 g/mol.